The van der Waals surface area contributed by atoms with Gasteiger partial charge in [0.2, 0.25) is 11.1 Å². The van der Waals surface area contributed by atoms with Crippen molar-refractivity contribution in [3.8, 4) is 0 Å². The molecule has 2 N–H and O–H groups in total. The first-order valence-electron chi connectivity index (χ1n) is 9.54. The highest BCUT2D eigenvalue weighted by molar-refractivity contribution is 8.14. The number of fused-ring (bicyclic) bond motifs is 3. The van der Waals surface area contributed by atoms with Crippen molar-refractivity contribution in [2.45, 2.75) is 12.1 Å². The predicted octanol–water partition coefficient (Wildman–Crippen LogP) is 3.53. The number of nitrogens with zero attached hydrogens (tertiary/aromatic N) is 5. The molecule has 5 rings (SSSR count). The summed E-state index contributed by atoms with van der Waals surface area (Å²) in [5, 5.41) is 21.5. The van der Waals surface area contributed by atoms with E-state index in [4.69, 9.17) is 0 Å². The van der Waals surface area contributed by atoms with Gasteiger partial charge in [0.15, 0.2) is 10.8 Å². The molecule has 2 aromatic heterocycles. The highest BCUT2D eigenvalue weighted by atomic mass is 32.2. The zero-order valence-electron chi connectivity index (χ0n) is 16.5. The van der Waals surface area contributed by atoms with Crippen LogP contribution in [-0.4, -0.2) is 48.5 Å². The van der Waals surface area contributed by atoms with Gasteiger partial charge in [-0.2, -0.15) is 5.10 Å². The third kappa shape index (κ3) is 4.30. The monoisotopic (exact) mass is 447 g/mol. The van der Waals surface area contributed by atoms with Crippen LogP contribution in [0, 0.1) is 6.92 Å². The van der Waals surface area contributed by atoms with Crippen LogP contribution < -0.4 is 5.32 Å². The fraction of sp³-hybridized carbons (Fsp3) is 0.143. The van der Waals surface area contributed by atoms with Gasteiger partial charge in [-0.05, 0) is 18.6 Å². The third-order valence-corrected chi connectivity index (χ3v) is 6.39. The van der Waals surface area contributed by atoms with Gasteiger partial charge in [-0.25, -0.2) is 4.98 Å². The number of nitrogens with one attached hydrogen (secondary N) is 2. The molecule has 8 nitrogen and oxygen atoms in total. The molecule has 4 aromatic rings. The summed E-state index contributed by atoms with van der Waals surface area (Å²) in [4.78, 5) is 20.0. The molecule has 1 amide bonds. The Kier molecular flexibility index (Phi) is 5.39. The minimum Gasteiger partial charge on any atom is -0.338 e. The molecule has 0 aliphatic carbocycles. The Bertz CT molecular complexity index is 1350. The maximum absolute atomic E-state index is 12.3. The Balaban J connectivity index is 1.21. The number of thioether (sulfide) groups is 2. The third-order valence-electron chi connectivity index (χ3n) is 4.67. The Morgan fingerprint density at radius 3 is 2.77 bits per heavy atom. The summed E-state index contributed by atoms with van der Waals surface area (Å²) >= 11 is 2.68. The Labute approximate surface area is 186 Å². The van der Waals surface area contributed by atoms with E-state index in [1.54, 1.807) is 0 Å². The zero-order valence-corrected chi connectivity index (χ0v) is 18.1. The molecule has 2 aromatic carbocycles. The standard InChI is InChI=1S/C21H17N7OS2/c1-12-6-8-13(9-7-12)16-10-30-20(27-25-16)23-17(29)11-31-21-24-19-18(26-28-21)14-4-2-3-5-15(14)22-19/h2-9H,10-11H2,1H3,(H,22,24,28)(H,23,27,29). The van der Waals surface area contributed by atoms with E-state index in [2.05, 4.69) is 35.7 Å². The number of rotatable bonds is 4. The summed E-state index contributed by atoms with van der Waals surface area (Å²) in [7, 11) is 0. The topological polar surface area (TPSA) is 108 Å². The smallest absolute Gasteiger partial charge is 0.236 e. The molecule has 3 heterocycles. The average molecular weight is 448 g/mol. The molecule has 0 radical (unpaired) electrons. The summed E-state index contributed by atoms with van der Waals surface area (Å²) in [6, 6.07) is 16.0. The van der Waals surface area contributed by atoms with Gasteiger partial charge in [-0.3, -0.25) is 4.79 Å². The van der Waals surface area contributed by atoms with E-state index >= 15 is 0 Å². The minimum atomic E-state index is -0.189. The van der Waals surface area contributed by atoms with Crippen molar-refractivity contribution >= 4 is 62.4 Å². The van der Waals surface area contributed by atoms with Crippen molar-refractivity contribution in [3.05, 3.63) is 59.7 Å². The SMILES string of the molecule is Cc1ccc(C2=NN=C(NC(=O)CSc3nnc4c(n3)[nH]c3ccccc34)SC2)cc1. The number of carbonyl (C=O) groups is 1. The lowest BCUT2D eigenvalue weighted by Crippen LogP contribution is -2.31. The van der Waals surface area contributed by atoms with Gasteiger partial charge < -0.3 is 10.3 Å². The number of aromatic amines is 1. The fourth-order valence-corrected chi connectivity index (χ4v) is 4.47. The normalized spacial score (nSPS) is 13.8. The molecule has 154 valence electrons. The maximum Gasteiger partial charge on any atom is 0.236 e. The second-order valence-electron chi connectivity index (χ2n) is 6.91. The molecule has 0 unspecified atom stereocenters. The van der Waals surface area contributed by atoms with Gasteiger partial charge >= 0.3 is 0 Å². The number of hydrogen-bond donors (Lipinski definition) is 2. The first-order valence-corrected chi connectivity index (χ1v) is 11.5. The lowest BCUT2D eigenvalue weighted by Gasteiger charge is -2.12. The van der Waals surface area contributed by atoms with Crippen molar-refractivity contribution in [3.63, 3.8) is 0 Å². The largest absolute Gasteiger partial charge is 0.338 e. The Morgan fingerprint density at radius 1 is 1.13 bits per heavy atom. The molecule has 10 heteroatoms. The van der Waals surface area contributed by atoms with Gasteiger partial charge in [-0.15, -0.1) is 15.3 Å². The van der Waals surface area contributed by atoms with Gasteiger partial charge in [-0.1, -0.05) is 71.6 Å². The number of amides is 1. The van der Waals surface area contributed by atoms with E-state index in [-0.39, 0.29) is 11.7 Å². The molecule has 0 fully saturated rings. The number of aryl methyl sites for hydroxylation is 1. The van der Waals surface area contributed by atoms with Crippen LogP contribution in [0.2, 0.25) is 0 Å². The highest BCUT2D eigenvalue weighted by Crippen LogP contribution is 2.23. The second-order valence-corrected chi connectivity index (χ2v) is 8.81. The Hall–Kier alpha value is -3.24. The van der Waals surface area contributed by atoms with Crippen LogP contribution >= 0.6 is 23.5 Å². The van der Waals surface area contributed by atoms with E-state index in [0.29, 0.717) is 21.7 Å². The van der Waals surface area contributed by atoms with Crippen LogP contribution in [0.3, 0.4) is 0 Å². The lowest BCUT2D eigenvalue weighted by atomic mass is 10.1. The molecule has 0 spiro atoms. The summed E-state index contributed by atoms with van der Waals surface area (Å²) in [6.07, 6.45) is 0. The summed E-state index contributed by atoms with van der Waals surface area (Å²) in [6.45, 7) is 2.05. The lowest BCUT2D eigenvalue weighted by molar-refractivity contribution is -0.117. The minimum absolute atomic E-state index is 0.154. The Morgan fingerprint density at radius 2 is 1.97 bits per heavy atom. The van der Waals surface area contributed by atoms with Crippen molar-refractivity contribution < 1.29 is 4.79 Å². The van der Waals surface area contributed by atoms with E-state index in [1.165, 1.54) is 29.1 Å². The molecule has 0 saturated heterocycles. The number of amidine groups is 1. The average Bonchev–Trinajstić information content (AvgIpc) is 3.17. The number of aromatic nitrogens is 4. The molecular formula is C21H17N7OS2. The van der Waals surface area contributed by atoms with Crippen molar-refractivity contribution in [1.29, 1.82) is 0 Å². The summed E-state index contributed by atoms with van der Waals surface area (Å²) < 4.78 is 0. The highest BCUT2D eigenvalue weighted by Gasteiger charge is 2.16. The first-order chi connectivity index (χ1) is 15.2. The van der Waals surface area contributed by atoms with Crippen LogP contribution in [-0.2, 0) is 4.79 Å². The van der Waals surface area contributed by atoms with E-state index in [0.717, 1.165) is 27.7 Å². The fourth-order valence-electron chi connectivity index (χ4n) is 3.10. The number of H-pyrrole nitrogens is 1. The number of benzene rings is 2. The molecule has 0 bridgehead atoms. The number of hydrogen-bond acceptors (Lipinski definition) is 8. The zero-order chi connectivity index (χ0) is 21.2. The van der Waals surface area contributed by atoms with Gasteiger partial charge in [0.1, 0.15) is 5.52 Å². The van der Waals surface area contributed by atoms with Crippen LogP contribution in [0.15, 0.2) is 63.9 Å². The van der Waals surface area contributed by atoms with Crippen LogP contribution in [0.25, 0.3) is 22.1 Å². The van der Waals surface area contributed by atoms with Gasteiger partial charge in [0.05, 0.1) is 11.5 Å². The summed E-state index contributed by atoms with van der Waals surface area (Å²) in [5.41, 5.74) is 5.47. The first kappa shape index (κ1) is 19.7. The predicted molar refractivity (Wildman–Crippen MR) is 126 cm³/mol. The van der Waals surface area contributed by atoms with Gasteiger partial charge in [0, 0.05) is 16.7 Å². The van der Waals surface area contributed by atoms with Crippen LogP contribution in [0.4, 0.5) is 0 Å². The van der Waals surface area contributed by atoms with Crippen molar-refractivity contribution in [2.75, 3.05) is 11.5 Å². The summed E-state index contributed by atoms with van der Waals surface area (Å²) in [5.74, 6) is 0.617. The van der Waals surface area contributed by atoms with Crippen molar-refractivity contribution in [1.82, 2.24) is 25.5 Å². The maximum atomic E-state index is 12.3. The van der Waals surface area contributed by atoms with Crippen LogP contribution in [0.1, 0.15) is 11.1 Å². The van der Waals surface area contributed by atoms with Gasteiger partial charge in [0.25, 0.3) is 0 Å². The van der Waals surface area contributed by atoms with Crippen molar-refractivity contribution in [2.24, 2.45) is 10.2 Å². The molecular weight excluding hydrogens is 430 g/mol. The quantitative estimate of drug-likeness (QED) is 0.463. The number of carbonyl (C=O) groups excluding carboxylic acids is 1. The second kappa shape index (κ2) is 8.48. The molecule has 1 aliphatic heterocycles. The van der Waals surface area contributed by atoms with E-state index in [1.807, 2.05) is 55.5 Å². The van der Waals surface area contributed by atoms with E-state index in [9.17, 15) is 4.79 Å². The molecule has 31 heavy (non-hydrogen) atoms. The molecule has 0 atom stereocenters. The van der Waals surface area contributed by atoms with E-state index < -0.39 is 0 Å². The molecule has 0 saturated carbocycles. The number of para-hydroxylation sites is 1. The molecule has 1 aliphatic rings. The van der Waals surface area contributed by atoms with Crippen LogP contribution in [0.5, 0.6) is 0 Å².